The van der Waals surface area contributed by atoms with E-state index in [1.807, 2.05) is 46.6 Å². The van der Waals surface area contributed by atoms with Crippen LogP contribution in [0.1, 0.15) is 16.2 Å². The van der Waals surface area contributed by atoms with Gasteiger partial charge in [-0.25, -0.2) is 4.63 Å². The highest BCUT2D eigenvalue weighted by atomic mass is 32.1. The molecule has 0 aliphatic rings. The molecule has 1 N–H and O–H groups in total. The van der Waals surface area contributed by atoms with Crippen molar-refractivity contribution in [1.29, 1.82) is 0 Å². The van der Waals surface area contributed by atoms with Crippen molar-refractivity contribution in [2.75, 3.05) is 6.54 Å². The van der Waals surface area contributed by atoms with Crippen LogP contribution in [0, 0.1) is 6.92 Å². The summed E-state index contributed by atoms with van der Waals surface area (Å²) >= 11 is 1.64. The summed E-state index contributed by atoms with van der Waals surface area (Å²) in [5.41, 5.74) is 3.46. The van der Waals surface area contributed by atoms with Crippen molar-refractivity contribution in [3.63, 3.8) is 0 Å². The second-order valence-electron chi connectivity index (χ2n) is 5.78. The van der Waals surface area contributed by atoms with Gasteiger partial charge in [0.05, 0.1) is 29.0 Å². The maximum atomic E-state index is 12.1. The van der Waals surface area contributed by atoms with Crippen molar-refractivity contribution < 1.29 is 9.42 Å². The van der Waals surface area contributed by atoms with Gasteiger partial charge in [0.25, 0.3) is 5.91 Å². The zero-order valence-electron chi connectivity index (χ0n) is 14.5. The molecule has 0 fully saturated rings. The Hall–Kier alpha value is -3.33. The number of carbonyl (C=O) groups excluding carboxylic acids is 1. The number of nitrogens with one attached hydrogen (secondary N) is 1. The summed E-state index contributed by atoms with van der Waals surface area (Å²) in [6.07, 6.45) is 3.57. The molecule has 4 heterocycles. The van der Waals surface area contributed by atoms with E-state index >= 15 is 0 Å². The molecule has 8 nitrogen and oxygen atoms in total. The van der Waals surface area contributed by atoms with E-state index < -0.39 is 0 Å². The molecule has 4 aromatic heterocycles. The first kappa shape index (κ1) is 17.1. The lowest BCUT2D eigenvalue weighted by Crippen LogP contribution is -2.28. The van der Waals surface area contributed by atoms with E-state index in [1.165, 1.54) is 0 Å². The zero-order valence-corrected chi connectivity index (χ0v) is 15.3. The molecular formula is C18H16N6O2S. The van der Waals surface area contributed by atoms with E-state index in [0.29, 0.717) is 18.8 Å². The van der Waals surface area contributed by atoms with Gasteiger partial charge in [0, 0.05) is 18.3 Å². The van der Waals surface area contributed by atoms with Crippen LogP contribution in [0.15, 0.2) is 52.7 Å². The van der Waals surface area contributed by atoms with Gasteiger partial charge in [0.1, 0.15) is 5.69 Å². The normalized spacial score (nSPS) is 10.9. The largest absolute Gasteiger partial charge is 0.349 e. The van der Waals surface area contributed by atoms with Gasteiger partial charge in [-0.3, -0.25) is 14.5 Å². The van der Waals surface area contributed by atoms with Crippen molar-refractivity contribution in [2.45, 2.75) is 13.5 Å². The van der Waals surface area contributed by atoms with Crippen LogP contribution in [0.3, 0.4) is 0 Å². The van der Waals surface area contributed by atoms with Crippen LogP contribution < -0.4 is 5.32 Å². The molecule has 0 unspecified atom stereocenters. The minimum Gasteiger partial charge on any atom is -0.349 e. The summed E-state index contributed by atoms with van der Waals surface area (Å²) in [7, 11) is 0. The van der Waals surface area contributed by atoms with Crippen molar-refractivity contribution in [3.05, 3.63) is 59.5 Å². The van der Waals surface area contributed by atoms with Crippen molar-refractivity contribution in [2.24, 2.45) is 0 Å². The summed E-state index contributed by atoms with van der Waals surface area (Å²) in [6, 6.07) is 9.84. The number of amides is 1. The standard InChI is InChI=1S/C18H16N6O2S/c1-12-16(23-26-22-12)18(25)20-8-9-24-17(15-6-4-10-27-15)13(11-21-24)14-5-2-3-7-19-14/h2-7,10-11H,8-9H2,1H3,(H,20,25). The molecule has 0 aliphatic carbocycles. The smallest absolute Gasteiger partial charge is 0.275 e. The Balaban J connectivity index is 1.55. The van der Waals surface area contributed by atoms with Gasteiger partial charge in [0.15, 0.2) is 5.69 Å². The molecule has 0 aromatic carbocycles. The van der Waals surface area contributed by atoms with Gasteiger partial charge in [0.2, 0.25) is 0 Å². The van der Waals surface area contributed by atoms with Crippen molar-refractivity contribution in [1.82, 2.24) is 30.4 Å². The molecule has 0 saturated carbocycles. The molecule has 0 atom stereocenters. The molecule has 0 spiro atoms. The Bertz CT molecular complexity index is 1040. The van der Waals surface area contributed by atoms with Crippen LogP contribution >= 0.6 is 11.3 Å². The van der Waals surface area contributed by atoms with E-state index in [-0.39, 0.29) is 11.6 Å². The molecule has 9 heteroatoms. The average molecular weight is 380 g/mol. The van der Waals surface area contributed by atoms with E-state index in [1.54, 1.807) is 24.5 Å². The fourth-order valence-corrected chi connectivity index (χ4v) is 3.52. The Morgan fingerprint density at radius 1 is 1.26 bits per heavy atom. The third-order valence-corrected chi connectivity index (χ3v) is 4.89. The second-order valence-corrected chi connectivity index (χ2v) is 6.72. The quantitative estimate of drug-likeness (QED) is 0.552. The molecule has 0 aliphatic heterocycles. The molecule has 0 radical (unpaired) electrons. The number of rotatable bonds is 6. The number of carbonyl (C=O) groups is 1. The molecule has 0 saturated heterocycles. The number of hydrogen-bond acceptors (Lipinski definition) is 7. The number of aryl methyl sites for hydroxylation is 1. The lowest BCUT2D eigenvalue weighted by atomic mass is 10.1. The van der Waals surface area contributed by atoms with Gasteiger partial charge < -0.3 is 5.32 Å². The first-order chi connectivity index (χ1) is 13.2. The van der Waals surface area contributed by atoms with E-state index in [2.05, 4.69) is 30.3 Å². The van der Waals surface area contributed by atoms with Crippen molar-refractivity contribution >= 4 is 17.2 Å². The van der Waals surface area contributed by atoms with Gasteiger partial charge in [-0.2, -0.15) is 5.10 Å². The number of hydrogen-bond donors (Lipinski definition) is 1. The van der Waals surface area contributed by atoms with E-state index in [9.17, 15) is 4.79 Å². The molecular weight excluding hydrogens is 364 g/mol. The topological polar surface area (TPSA) is 98.7 Å². The fraction of sp³-hybridized carbons (Fsp3) is 0.167. The lowest BCUT2D eigenvalue weighted by molar-refractivity contribution is 0.0941. The van der Waals surface area contributed by atoms with Crippen LogP contribution in [0.25, 0.3) is 21.8 Å². The number of thiophene rings is 1. The Morgan fingerprint density at radius 2 is 2.19 bits per heavy atom. The molecule has 27 heavy (non-hydrogen) atoms. The highest BCUT2D eigenvalue weighted by molar-refractivity contribution is 7.13. The second kappa shape index (κ2) is 7.50. The van der Waals surface area contributed by atoms with Gasteiger partial charge >= 0.3 is 0 Å². The van der Waals surface area contributed by atoms with Gasteiger partial charge in [-0.1, -0.05) is 17.3 Å². The average Bonchev–Trinajstić information content (AvgIpc) is 3.42. The summed E-state index contributed by atoms with van der Waals surface area (Å²) in [4.78, 5) is 17.7. The predicted molar refractivity (Wildman–Crippen MR) is 100 cm³/mol. The molecule has 4 rings (SSSR count). The maximum Gasteiger partial charge on any atom is 0.275 e. The van der Waals surface area contributed by atoms with Crippen LogP contribution in [-0.4, -0.2) is 37.5 Å². The number of pyridine rings is 1. The van der Waals surface area contributed by atoms with E-state index in [0.717, 1.165) is 21.8 Å². The summed E-state index contributed by atoms with van der Waals surface area (Å²) in [6.45, 7) is 2.58. The predicted octanol–water partition coefficient (Wildman–Crippen LogP) is 2.80. The Morgan fingerprint density at radius 3 is 2.89 bits per heavy atom. The Kier molecular flexibility index (Phi) is 4.75. The molecule has 1 amide bonds. The monoisotopic (exact) mass is 380 g/mol. The molecule has 4 aromatic rings. The van der Waals surface area contributed by atoms with Crippen LogP contribution in [0.4, 0.5) is 0 Å². The summed E-state index contributed by atoms with van der Waals surface area (Å²) in [5.74, 6) is -0.316. The number of nitrogens with zero attached hydrogens (tertiary/aromatic N) is 5. The minimum absolute atomic E-state index is 0.197. The first-order valence-electron chi connectivity index (χ1n) is 8.32. The first-order valence-corrected chi connectivity index (χ1v) is 9.20. The lowest BCUT2D eigenvalue weighted by Gasteiger charge is -2.09. The van der Waals surface area contributed by atoms with Crippen LogP contribution in [0.2, 0.25) is 0 Å². The van der Waals surface area contributed by atoms with Crippen LogP contribution in [0.5, 0.6) is 0 Å². The SMILES string of the molecule is Cc1nonc1C(=O)NCCn1ncc(-c2ccccn2)c1-c1cccs1. The van der Waals surface area contributed by atoms with Crippen molar-refractivity contribution in [3.8, 4) is 21.8 Å². The number of aromatic nitrogens is 5. The third-order valence-electron chi connectivity index (χ3n) is 4.01. The summed E-state index contributed by atoms with van der Waals surface area (Å²) < 4.78 is 6.45. The molecule has 0 bridgehead atoms. The van der Waals surface area contributed by atoms with Crippen LogP contribution in [-0.2, 0) is 6.54 Å². The van der Waals surface area contributed by atoms with Gasteiger partial charge in [-0.15, -0.1) is 11.3 Å². The fourth-order valence-electron chi connectivity index (χ4n) is 2.73. The third kappa shape index (κ3) is 3.49. The van der Waals surface area contributed by atoms with E-state index in [4.69, 9.17) is 0 Å². The Labute approximate surface area is 158 Å². The summed E-state index contributed by atoms with van der Waals surface area (Å²) in [5, 5.41) is 16.6. The minimum atomic E-state index is -0.316. The zero-order chi connectivity index (χ0) is 18.6. The molecule has 136 valence electrons. The van der Waals surface area contributed by atoms with Gasteiger partial charge in [-0.05, 0) is 35.7 Å². The maximum absolute atomic E-state index is 12.1. The highest BCUT2D eigenvalue weighted by Gasteiger charge is 2.18. The highest BCUT2D eigenvalue weighted by Crippen LogP contribution is 2.33.